The van der Waals surface area contributed by atoms with Crippen LogP contribution in [-0.4, -0.2) is 5.91 Å². The molecule has 1 aromatic heterocycles. The van der Waals surface area contributed by atoms with Gasteiger partial charge in [0.1, 0.15) is 17.3 Å². The molecule has 2 aliphatic rings. The van der Waals surface area contributed by atoms with Crippen molar-refractivity contribution in [2.45, 2.75) is 32.6 Å². The molecular formula is C18H16FNO2. The van der Waals surface area contributed by atoms with E-state index in [0.717, 1.165) is 30.6 Å². The molecule has 2 aromatic rings. The summed E-state index contributed by atoms with van der Waals surface area (Å²) in [6.45, 7) is 2.03. The Morgan fingerprint density at radius 3 is 2.91 bits per heavy atom. The van der Waals surface area contributed by atoms with Crippen molar-refractivity contribution in [3.63, 3.8) is 0 Å². The summed E-state index contributed by atoms with van der Waals surface area (Å²) in [5.74, 6) is 1.19. The molecule has 1 N–H and O–H groups in total. The van der Waals surface area contributed by atoms with E-state index < -0.39 is 0 Å². The van der Waals surface area contributed by atoms with E-state index in [9.17, 15) is 9.18 Å². The van der Waals surface area contributed by atoms with Crippen molar-refractivity contribution < 1.29 is 13.6 Å². The lowest BCUT2D eigenvalue weighted by Crippen LogP contribution is -2.03. The van der Waals surface area contributed by atoms with Crippen LogP contribution >= 0.6 is 0 Å². The zero-order valence-electron chi connectivity index (χ0n) is 12.3. The molecule has 112 valence electrons. The van der Waals surface area contributed by atoms with E-state index in [-0.39, 0.29) is 11.7 Å². The van der Waals surface area contributed by atoms with E-state index >= 15 is 0 Å². The van der Waals surface area contributed by atoms with E-state index in [1.807, 2.05) is 6.92 Å². The van der Waals surface area contributed by atoms with Gasteiger partial charge in [-0.05, 0) is 61.6 Å². The average molecular weight is 297 g/mol. The zero-order chi connectivity index (χ0) is 15.3. The Morgan fingerprint density at radius 2 is 2.09 bits per heavy atom. The summed E-state index contributed by atoms with van der Waals surface area (Å²) in [5.41, 5.74) is 4.07. The Labute approximate surface area is 127 Å². The SMILES string of the molecule is Cc1c(C=C2C(=O)Nc3ccc(F)cc32)oc2c1CCCC2. The summed E-state index contributed by atoms with van der Waals surface area (Å²) in [5, 5.41) is 2.76. The summed E-state index contributed by atoms with van der Waals surface area (Å²) in [6.07, 6.45) is 6.05. The highest BCUT2D eigenvalue weighted by molar-refractivity contribution is 6.34. The predicted molar refractivity (Wildman–Crippen MR) is 83.0 cm³/mol. The average Bonchev–Trinajstić information content (AvgIpc) is 2.99. The van der Waals surface area contributed by atoms with Crippen molar-refractivity contribution in [1.82, 2.24) is 0 Å². The number of carbonyl (C=O) groups is 1. The van der Waals surface area contributed by atoms with E-state index in [4.69, 9.17) is 4.42 Å². The number of halogens is 1. The molecule has 22 heavy (non-hydrogen) atoms. The van der Waals surface area contributed by atoms with Gasteiger partial charge < -0.3 is 9.73 Å². The molecule has 0 saturated carbocycles. The van der Waals surface area contributed by atoms with Gasteiger partial charge in [-0.2, -0.15) is 0 Å². The Kier molecular flexibility index (Phi) is 2.93. The molecule has 0 bridgehead atoms. The summed E-state index contributed by atoms with van der Waals surface area (Å²) in [4.78, 5) is 12.2. The number of hydrogen-bond acceptors (Lipinski definition) is 2. The summed E-state index contributed by atoms with van der Waals surface area (Å²) in [7, 11) is 0. The molecule has 1 aliphatic carbocycles. The number of rotatable bonds is 1. The van der Waals surface area contributed by atoms with Crippen LogP contribution in [0.2, 0.25) is 0 Å². The quantitative estimate of drug-likeness (QED) is 0.805. The van der Waals surface area contributed by atoms with Crippen LogP contribution < -0.4 is 5.32 Å². The highest BCUT2D eigenvalue weighted by Crippen LogP contribution is 2.36. The molecule has 2 heterocycles. The van der Waals surface area contributed by atoms with Crippen LogP contribution in [0.3, 0.4) is 0 Å². The number of amides is 1. The number of benzene rings is 1. The second-order valence-corrected chi connectivity index (χ2v) is 5.90. The third kappa shape index (κ3) is 1.98. The van der Waals surface area contributed by atoms with Gasteiger partial charge in [-0.25, -0.2) is 4.39 Å². The Balaban J connectivity index is 1.83. The lowest BCUT2D eigenvalue weighted by Gasteiger charge is -2.08. The van der Waals surface area contributed by atoms with Gasteiger partial charge in [-0.3, -0.25) is 4.79 Å². The molecule has 1 aromatic carbocycles. The monoisotopic (exact) mass is 297 g/mol. The van der Waals surface area contributed by atoms with Crippen molar-refractivity contribution in [2.75, 3.05) is 5.32 Å². The fourth-order valence-electron chi connectivity index (χ4n) is 3.32. The highest BCUT2D eigenvalue weighted by Gasteiger charge is 2.26. The van der Waals surface area contributed by atoms with E-state index in [0.29, 0.717) is 22.6 Å². The normalized spacial score (nSPS) is 18.3. The van der Waals surface area contributed by atoms with Crippen molar-refractivity contribution in [3.05, 3.63) is 52.2 Å². The lowest BCUT2D eigenvalue weighted by atomic mass is 9.95. The van der Waals surface area contributed by atoms with Crippen LogP contribution in [0.25, 0.3) is 11.6 Å². The first-order valence-corrected chi connectivity index (χ1v) is 7.57. The van der Waals surface area contributed by atoms with Gasteiger partial charge in [-0.15, -0.1) is 0 Å². The maximum Gasteiger partial charge on any atom is 0.256 e. The van der Waals surface area contributed by atoms with Crippen LogP contribution in [0.5, 0.6) is 0 Å². The minimum Gasteiger partial charge on any atom is -0.461 e. The topological polar surface area (TPSA) is 42.2 Å². The molecule has 1 aliphatic heterocycles. The predicted octanol–water partition coefficient (Wildman–Crippen LogP) is 4.10. The second-order valence-electron chi connectivity index (χ2n) is 5.90. The first kappa shape index (κ1) is 13.3. The molecule has 1 amide bonds. The van der Waals surface area contributed by atoms with Crippen LogP contribution in [0.4, 0.5) is 10.1 Å². The molecule has 4 rings (SSSR count). The largest absolute Gasteiger partial charge is 0.461 e. The number of aryl methyl sites for hydroxylation is 1. The third-order valence-electron chi connectivity index (χ3n) is 4.51. The smallest absolute Gasteiger partial charge is 0.256 e. The van der Waals surface area contributed by atoms with Gasteiger partial charge in [0.05, 0.1) is 5.57 Å². The maximum atomic E-state index is 13.5. The van der Waals surface area contributed by atoms with Gasteiger partial charge >= 0.3 is 0 Å². The first-order chi connectivity index (χ1) is 10.6. The van der Waals surface area contributed by atoms with Gasteiger partial charge in [0, 0.05) is 17.7 Å². The molecule has 4 heteroatoms. The maximum absolute atomic E-state index is 13.5. The standard InChI is InChI=1S/C18H16FNO2/c1-10-12-4-2-3-5-16(12)22-17(10)9-14-13-8-11(19)6-7-15(13)20-18(14)21/h6-9H,2-5H2,1H3,(H,20,21). The summed E-state index contributed by atoms with van der Waals surface area (Å²) >= 11 is 0. The van der Waals surface area contributed by atoms with Gasteiger partial charge in [-0.1, -0.05) is 0 Å². The molecular weight excluding hydrogens is 281 g/mol. The number of nitrogens with one attached hydrogen (secondary N) is 1. The van der Waals surface area contributed by atoms with Crippen molar-refractivity contribution >= 4 is 23.2 Å². The zero-order valence-corrected chi connectivity index (χ0v) is 12.3. The van der Waals surface area contributed by atoms with E-state index in [1.165, 1.54) is 24.1 Å². The minimum absolute atomic E-state index is 0.214. The van der Waals surface area contributed by atoms with Crippen LogP contribution in [0.15, 0.2) is 22.6 Å². The number of anilines is 1. The molecule has 0 atom stereocenters. The lowest BCUT2D eigenvalue weighted by molar-refractivity contribution is -0.110. The molecule has 0 unspecified atom stereocenters. The van der Waals surface area contributed by atoms with Gasteiger partial charge in [0.15, 0.2) is 0 Å². The van der Waals surface area contributed by atoms with E-state index in [2.05, 4.69) is 5.32 Å². The molecule has 0 spiro atoms. The minimum atomic E-state index is -0.350. The van der Waals surface area contributed by atoms with Crippen LogP contribution in [-0.2, 0) is 17.6 Å². The number of carbonyl (C=O) groups excluding carboxylic acids is 1. The molecule has 0 radical (unpaired) electrons. The fraction of sp³-hybridized carbons (Fsp3) is 0.278. The summed E-state index contributed by atoms with van der Waals surface area (Å²) in [6, 6.07) is 4.32. The van der Waals surface area contributed by atoms with E-state index in [1.54, 1.807) is 12.1 Å². The Hall–Kier alpha value is -2.36. The molecule has 0 saturated heterocycles. The number of fused-ring (bicyclic) bond motifs is 2. The Morgan fingerprint density at radius 1 is 1.27 bits per heavy atom. The second kappa shape index (κ2) is 4.83. The number of hydrogen-bond donors (Lipinski definition) is 1. The number of furan rings is 1. The Bertz CT molecular complexity index is 817. The molecule has 0 fully saturated rings. The highest BCUT2D eigenvalue weighted by atomic mass is 19.1. The first-order valence-electron chi connectivity index (χ1n) is 7.57. The van der Waals surface area contributed by atoms with Gasteiger partial charge in [0.25, 0.3) is 5.91 Å². The van der Waals surface area contributed by atoms with Gasteiger partial charge in [0.2, 0.25) is 0 Å². The third-order valence-corrected chi connectivity index (χ3v) is 4.51. The summed E-state index contributed by atoms with van der Waals surface area (Å²) < 4.78 is 19.4. The fourth-order valence-corrected chi connectivity index (χ4v) is 3.32. The van der Waals surface area contributed by atoms with Crippen molar-refractivity contribution in [3.8, 4) is 0 Å². The van der Waals surface area contributed by atoms with Crippen LogP contribution in [0.1, 0.15) is 41.1 Å². The van der Waals surface area contributed by atoms with Crippen LogP contribution in [0, 0.1) is 12.7 Å². The van der Waals surface area contributed by atoms with Crippen molar-refractivity contribution in [1.29, 1.82) is 0 Å². The van der Waals surface area contributed by atoms with Crippen molar-refractivity contribution in [2.24, 2.45) is 0 Å². The molecule has 3 nitrogen and oxygen atoms in total.